The van der Waals surface area contributed by atoms with Crippen molar-refractivity contribution in [3.8, 4) is 0 Å². The van der Waals surface area contributed by atoms with Gasteiger partial charge in [-0.1, -0.05) is 61.2 Å². The largest absolute Gasteiger partial charge is 0.460 e. The van der Waals surface area contributed by atoms with Gasteiger partial charge in [0.25, 0.3) is 0 Å². The van der Waals surface area contributed by atoms with Gasteiger partial charge in [-0.3, -0.25) is 4.79 Å². The van der Waals surface area contributed by atoms with Gasteiger partial charge in [0.05, 0.1) is 6.10 Å². The molecule has 0 saturated heterocycles. The highest BCUT2D eigenvalue weighted by molar-refractivity contribution is 5.92. The summed E-state index contributed by atoms with van der Waals surface area (Å²) in [6, 6.07) is 16.9. The lowest BCUT2D eigenvalue weighted by Crippen LogP contribution is -2.21. The lowest BCUT2D eigenvalue weighted by Gasteiger charge is -2.15. The average Bonchev–Trinajstić information content (AvgIpc) is 2.78. The second-order valence-electron chi connectivity index (χ2n) is 5.13. The third-order valence-electron chi connectivity index (χ3n) is 3.79. The topological polar surface area (TPSA) is 46.5 Å². The van der Waals surface area contributed by atoms with Gasteiger partial charge >= 0.3 is 5.97 Å². The molecule has 0 saturated carbocycles. The van der Waals surface area contributed by atoms with Crippen LogP contribution in [0.5, 0.6) is 0 Å². The zero-order valence-corrected chi connectivity index (χ0v) is 11.5. The Bertz CT molecular complexity index is 676. The van der Waals surface area contributed by atoms with E-state index < -0.39 is 18.0 Å². The van der Waals surface area contributed by atoms with Crippen LogP contribution in [0.2, 0.25) is 0 Å². The van der Waals surface area contributed by atoms with Gasteiger partial charge in [-0.25, -0.2) is 0 Å². The Balaban J connectivity index is 1.73. The van der Waals surface area contributed by atoms with E-state index in [1.54, 1.807) is 0 Å². The SMILES string of the molecule is C=C1c2ccccc2[C@@H](O)[C@H]1C(=O)OCc1ccccc1. The second-order valence-corrected chi connectivity index (χ2v) is 5.13. The maximum absolute atomic E-state index is 12.3. The zero-order chi connectivity index (χ0) is 14.8. The van der Waals surface area contributed by atoms with Gasteiger partial charge in [0.2, 0.25) is 0 Å². The number of carbonyl (C=O) groups is 1. The van der Waals surface area contributed by atoms with Crippen LogP contribution in [0.15, 0.2) is 61.2 Å². The van der Waals surface area contributed by atoms with Crippen molar-refractivity contribution in [2.24, 2.45) is 5.92 Å². The fourth-order valence-corrected chi connectivity index (χ4v) is 2.67. The monoisotopic (exact) mass is 280 g/mol. The molecule has 0 aliphatic heterocycles. The maximum atomic E-state index is 12.3. The fraction of sp³-hybridized carbons (Fsp3) is 0.167. The molecule has 2 aromatic carbocycles. The van der Waals surface area contributed by atoms with E-state index in [2.05, 4.69) is 6.58 Å². The summed E-state index contributed by atoms with van der Waals surface area (Å²) in [7, 11) is 0. The van der Waals surface area contributed by atoms with E-state index in [-0.39, 0.29) is 6.61 Å². The smallest absolute Gasteiger partial charge is 0.316 e. The Morgan fingerprint density at radius 3 is 2.48 bits per heavy atom. The minimum Gasteiger partial charge on any atom is -0.460 e. The maximum Gasteiger partial charge on any atom is 0.316 e. The predicted molar refractivity (Wildman–Crippen MR) is 80.2 cm³/mol. The number of rotatable bonds is 3. The summed E-state index contributed by atoms with van der Waals surface area (Å²) >= 11 is 0. The van der Waals surface area contributed by atoms with E-state index >= 15 is 0 Å². The number of carbonyl (C=O) groups excluding carboxylic acids is 1. The van der Waals surface area contributed by atoms with Gasteiger partial charge in [-0.2, -0.15) is 0 Å². The minimum atomic E-state index is -0.878. The van der Waals surface area contributed by atoms with Gasteiger partial charge in [0.1, 0.15) is 12.5 Å². The Morgan fingerprint density at radius 1 is 1.10 bits per heavy atom. The molecule has 0 radical (unpaired) electrons. The molecule has 0 spiro atoms. The number of aliphatic hydroxyl groups is 1. The predicted octanol–water partition coefficient (Wildman–Crippen LogP) is 3.11. The van der Waals surface area contributed by atoms with Gasteiger partial charge in [0, 0.05) is 0 Å². The highest BCUT2D eigenvalue weighted by atomic mass is 16.5. The van der Waals surface area contributed by atoms with E-state index in [4.69, 9.17) is 4.74 Å². The fourth-order valence-electron chi connectivity index (χ4n) is 2.67. The van der Waals surface area contributed by atoms with E-state index in [0.29, 0.717) is 5.57 Å². The number of ether oxygens (including phenoxy) is 1. The number of aliphatic hydroxyl groups excluding tert-OH is 1. The van der Waals surface area contributed by atoms with E-state index in [0.717, 1.165) is 16.7 Å². The number of fused-ring (bicyclic) bond motifs is 1. The van der Waals surface area contributed by atoms with Crippen LogP contribution in [0, 0.1) is 5.92 Å². The third-order valence-corrected chi connectivity index (χ3v) is 3.79. The molecular weight excluding hydrogens is 264 g/mol. The first kappa shape index (κ1) is 13.6. The summed E-state index contributed by atoms with van der Waals surface area (Å²) in [6.07, 6.45) is -0.878. The van der Waals surface area contributed by atoms with Crippen molar-refractivity contribution in [2.45, 2.75) is 12.7 Å². The lowest BCUT2D eigenvalue weighted by molar-refractivity contribution is -0.150. The van der Waals surface area contributed by atoms with Crippen molar-refractivity contribution in [1.29, 1.82) is 0 Å². The second kappa shape index (κ2) is 5.54. The molecule has 3 rings (SSSR count). The minimum absolute atomic E-state index is 0.201. The summed E-state index contributed by atoms with van der Waals surface area (Å²) in [6.45, 7) is 4.14. The number of hydrogen-bond acceptors (Lipinski definition) is 3. The van der Waals surface area contributed by atoms with Crippen LogP contribution in [0.3, 0.4) is 0 Å². The molecule has 106 valence electrons. The van der Waals surface area contributed by atoms with Crippen LogP contribution in [-0.4, -0.2) is 11.1 Å². The van der Waals surface area contributed by atoms with Crippen molar-refractivity contribution in [1.82, 2.24) is 0 Å². The summed E-state index contributed by atoms with van der Waals surface area (Å²) in [5.41, 5.74) is 3.12. The highest BCUT2D eigenvalue weighted by Gasteiger charge is 2.40. The van der Waals surface area contributed by atoms with E-state index in [9.17, 15) is 9.90 Å². The molecule has 21 heavy (non-hydrogen) atoms. The molecule has 2 aromatic rings. The van der Waals surface area contributed by atoms with E-state index in [1.807, 2.05) is 54.6 Å². The first-order valence-electron chi connectivity index (χ1n) is 6.85. The highest BCUT2D eigenvalue weighted by Crippen LogP contribution is 2.44. The van der Waals surface area contributed by atoms with Crippen LogP contribution in [0.25, 0.3) is 5.57 Å². The van der Waals surface area contributed by atoms with Crippen molar-refractivity contribution in [2.75, 3.05) is 0 Å². The molecule has 0 bridgehead atoms. The standard InChI is InChI=1S/C18H16O3/c1-12-14-9-5-6-10-15(14)17(19)16(12)18(20)21-11-13-7-3-2-4-8-13/h2-10,16-17,19H,1,11H2/t16-,17+/m0/s1. The quantitative estimate of drug-likeness (QED) is 0.879. The van der Waals surface area contributed by atoms with Crippen LogP contribution in [-0.2, 0) is 16.1 Å². The van der Waals surface area contributed by atoms with Crippen molar-refractivity contribution in [3.05, 3.63) is 77.9 Å². The van der Waals surface area contributed by atoms with Crippen molar-refractivity contribution in [3.63, 3.8) is 0 Å². The molecule has 2 atom stereocenters. The van der Waals surface area contributed by atoms with Crippen LogP contribution < -0.4 is 0 Å². The molecule has 3 heteroatoms. The van der Waals surface area contributed by atoms with Gasteiger partial charge < -0.3 is 9.84 Å². The molecular formula is C18H16O3. The first-order chi connectivity index (χ1) is 10.2. The summed E-state index contributed by atoms with van der Waals surface area (Å²) < 4.78 is 5.32. The zero-order valence-electron chi connectivity index (χ0n) is 11.5. The van der Waals surface area contributed by atoms with Crippen LogP contribution >= 0.6 is 0 Å². The van der Waals surface area contributed by atoms with Crippen molar-refractivity contribution >= 4 is 11.5 Å². The number of benzene rings is 2. The Hall–Kier alpha value is -2.39. The Morgan fingerprint density at radius 2 is 1.76 bits per heavy atom. The molecule has 0 aromatic heterocycles. The van der Waals surface area contributed by atoms with Gasteiger partial charge in [-0.05, 0) is 22.3 Å². The van der Waals surface area contributed by atoms with Crippen molar-refractivity contribution < 1.29 is 14.6 Å². The normalized spacial score (nSPS) is 20.1. The summed E-state index contributed by atoms with van der Waals surface area (Å²) in [4.78, 5) is 12.3. The average molecular weight is 280 g/mol. The van der Waals surface area contributed by atoms with Gasteiger partial charge in [-0.15, -0.1) is 0 Å². The molecule has 3 nitrogen and oxygen atoms in total. The number of esters is 1. The number of hydrogen-bond donors (Lipinski definition) is 1. The third kappa shape index (κ3) is 2.48. The van der Waals surface area contributed by atoms with Crippen LogP contribution in [0.1, 0.15) is 22.8 Å². The molecule has 0 heterocycles. The summed E-state index contributed by atoms with van der Waals surface area (Å²) in [5, 5.41) is 10.3. The Labute approximate surface area is 123 Å². The first-order valence-corrected chi connectivity index (χ1v) is 6.85. The Kier molecular flexibility index (Phi) is 3.59. The summed E-state index contributed by atoms with van der Waals surface area (Å²) in [5.74, 6) is -1.15. The molecule has 1 N–H and O–H groups in total. The molecule has 1 aliphatic rings. The van der Waals surface area contributed by atoms with Gasteiger partial charge in [0.15, 0.2) is 0 Å². The molecule has 0 amide bonds. The molecule has 0 unspecified atom stereocenters. The van der Waals surface area contributed by atoms with E-state index in [1.165, 1.54) is 0 Å². The molecule has 0 fully saturated rings. The molecule has 1 aliphatic carbocycles. The van der Waals surface area contributed by atoms with Crippen LogP contribution in [0.4, 0.5) is 0 Å². The lowest BCUT2D eigenvalue weighted by atomic mass is 10.00.